The molecule has 1 fully saturated rings. The van der Waals surface area contributed by atoms with Gasteiger partial charge in [0.15, 0.2) is 5.76 Å². The molecule has 1 aromatic heterocycles. The van der Waals surface area contributed by atoms with Gasteiger partial charge in [-0.15, -0.1) is 0 Å². The fourth-order valence-electron chi connectivity index (χ4n) is 4.58. The minimum Gasteiger partial charge on any atom is -0.502 e. The zero-order chi connectivity index (χ0) is 23.4. The van der Waals surface area contributed by atoms with Gasteiger partial charge in [0.25, 0.3) is 0 Å². The lowest BCUT2D eigenvalue weighted by Crippen LogP contribution is -2.29. The lowest BCUT2D eigenvalue weighted by atomic mass is 9.88. The number of hydrogen-bond acceptors (Lipinski definition) is 7. The van der Waals surface area contributed by atoms with E-state index in [1.807, 2.05) is 36.4 Å². The highest BCUT2D eigenvalue weighted by molar-refractivity contribution is 5.92. The second-order valence-corrected chi connectivity index (χ2v) is 8.36. The molecule has 4 rings (SSSR count). The Morgan fingerprint density at radius 2 is 1.82 bits per heavy atom. The fourth-order valence-corrected chi connectivity index (χ4v) is 4.58. The minimum absolute atomic E-state index is 0.0789. The van der Waals surface area contributed by atoms with Crippen LogP contribution in [0.2, 0.25) is 0 Å². The zero-order valence-electron chi connectivity index (χ0n) is 19.0. The van der Waals surface area contributed by atoms with Gasteiger partial charge in [0.05, 0.1) is 33.1 Å². The van der Waals surface area contributed by atoms with Crippen molar-refractivity contribution in [3.05, 3.63) is 69.8 Å². The van der Waals surface area contributed by atoms with Crippen LogP contribution in [0.25, 0.3) is 10.8 Å². The molecule has 7 nitrogen and oxygen atoms in total. The van der Waals surface area contributed by atoms with Crippen LogP contribution in [0, 0.1) is 0 Å². The molecule has 1 saturated heterocycles. The SMILES string of the molecule is COC(=O)CC(c1oc(CN2CCCCC2)cc(=O)c1O)c1ccc(OC)c2ccccc12. The van der Waals surface area contributed by atoms with Crippen molar-refractivity contribution in [3.8, 4) is 11.5 Å². The molecular weight excluding hydrogens is 422 g/mol. The first kappa shape index (κ1) is 22.9. The van der Waals surface area contributed by atoms with Crippen molar-refractivity contribution < 1.29 is 23.8 Å². The van der Waals surface area contributed by atoms with Crippen molar-refractivity contribution in [1.29, 1.82) is 0 Å². The quantitative estimate of drug-likeness (QED) is 0.539. The number of carbonyl (C=O) groups is 1. The predicted octanol–water partition coefficient (Wildman–Crippen LogP) is 4.19. The maximum Gasteiger partial charge on any atom is 0.306 e. The molecule has 0 bridgehead atoms. The zero-order valence-corrected chi connectivity index (χ0v) is 19.0. The lowest BCUT2D eigenvalue weighted by molar-refractivity contribution is -0.140. The second kappa shape index (κ2) is 10.1. The molecule has 7 heteroatoms. The van der Waals surface area contributed by atoms with E-state index in [9.17, 15) is 14.7 Å². The van der Waals surface area contributed by atoms with Crippen molar-refractivity contribution in [2.24, 2.45) is 0 Å². The first-order valence-electron chi connectivity index (χ1n) is 11.2. The molecule has 0 radical (unpaired) electrons. The summed E-state index contributed by atoms with van der Waals surface area (Å²) in [6.45, 7) is 2.36. The number of piperidine rings is 1. The third-order valence-corrected chi connectivity index (χ3v) is 6.26. The highest BCUT2D eigenvalue weighted by Crippen LogP contribution is 2.39. The van der Waals surface area contributed by atoms with Gasteiger partial charge in [-0.05, 0) is 42.9 Å². The summed E-state index contributed by atoms with van der Waals surface area (Å²) in [5, 5.41) is 12.4. The number of benzene rings is 2. The molecule has 0 saturated carbocycles. The highest BCUT2D eigenvalue weighted by Gasteiger charge is 2.28. The molecule has 1 aliphatic heterocycles. The monoisotopic (exact) mass is 451 g/mol. The topological polar surface area (TPSA) is 89.2 Å². The largest absolute Gasteiger partial charge is 0.502 e. The van der Waals surface area contributed by atoms with E-state index in [2.05, 4.69) is 4.90 Å². The summed E-state index contributed by atoms with van der Waals surface area (Å²) < 4.78 is 16.6. The van der Waals surface area contributed by atoms with Crippen molar-refractivity contribution in [2.45, 2.75) is 38.1 Å². The average molecular weight is 452 g/mol. The van der Waals surface area contributed by atoms with Crippen molar-refractivity contribution >= 4 is 16.7 Å². The Morgan fingerprint density at radius 3 is 2.52 bits per heavy atom. The van der Waals surface area contributed by atoms with E-state index in [0.717, 1.165) is 42.3 Å². The van der Waals surface area contributed by atoms with E-state index in [0.29, 0.717) is 18.1 Å². The van der Waals surface area contributed by atoms with Gasteiger partial charge in [-0.1, -0.05) is 36.8 Å². The Balaban J connectivity index is 1.84. The third kappa shape index (κ3) is 4.88. The molecule has 0 spiro atoms. The first-order valence-corrected chi connectivity index (χ1v) is 11.2. The van der Waals surface area contributed by atoms with E-state index >= 15 is 0 Å². The Morgan fingerprint density at radius 1 is 1.09 bits per heavy atom. The lowest BCUT2D eigenvalue weighted by Gasteiger charge is -2.26. The molecule has 2 aromatic carbocycles. The number of methoxy groups -OCH3 is 2. The van der Waals surface area contributed by atoms with Crippen molar-refractivity contribution in [3.63, 3.8) is 0 Å². The summed E-state index contributed by atoms with van der Waals surface area (Å²) >= 11 is 0. The van der Waals surface area contributed by atoms with Gasteiger partial charge in [-0.2, -0.15) is 0 Å². The van der Waals surface area contributed by atoms with Crippen molar-refractivity contribution in [2.75, 3.05) is 27.3 Å². The van der Waals surface area contributed by atoms with Crippen LogP contribution >= 0.6 is 0 Å². The van der Waals surface area contributed by atoms with Crippen LogP contribution in [0.3, 0.4) is 0 Å². The van der Waals surface area contributed by atoms with Crippen LogP contribution < -0.4 is 10.2 Å². The van der Waals surface area contributed by atoms with Gasteiger partial charge < -0.3 is 19.0 Å². The normalized spacial score (nSPS) is 15.3. The van der Waals surface area contributed by atoms with E-state index in [-0.39, 0.29) is 12.2 Å². The molecule has 174 valence electrons. The van der Waals surface area contributed by atoms with E-state index in [1.54, 1.807) is 7.11 Å². The summed E-state index contributed by atoms with van der Waals surface area (Å²) in [6, 6.07) is 12.6. The molecule has 1 atom stereocenters. The van der Waals surface area contributed by atoms with Gasteiger partial charge in [0.1, 0.15) is 11.5 Å². The Hall–Kier alpha value is -3.32. The third-order valence-electron chi connectivity index (χ3n) is 6.26. The highest BCUT2D eigenvalue weighted by atomic mass is 16.5. The summed E-state index contributed by atoms with van der Waals surface area (Å²) in [5.74, 6) is -0.412. The number of likely N-dealkylation sites (tertiary alicyclic amines) is 1. The number of esters is 1. The second-order valence-electron chi connectivity index (χ2n) is 8.36. The Kier molecular flexibility index (Phi) is 6.99. The summed E-state index contributed by atoms with van der Waals surface area (Å²) in [4.78, 5) is 27.3. The van der Waals surface area contributed by atoms with Gasteiger partial charge in [-0.3, -0.25) is 14.5 Å². The standard InChI is InChI=1S/C26H29NO6/c1-31-23-11-10-19(18-8-4-5-9-20(18)23)21(15-24(29)32-2)26-25(30)22(28)14-17(33-26)16-27-12-6-3-7-13-27/h4-5,8-11,14,21,30H,3,6-7,12-13,15-16H2,1-2H3. The molecule has 1 unspecified atom stereocenters. The Bertz CT molecular complexity index is 1200. The van der Waals surface area contributed by atoms with Crippen LogP contribution in [0.1, 0.15) is 48.7 Å². The molecule has 0 amide bonds. The molecule has 1 N–H and O–H groups in total. The van der Waals surface area contributed by atoms with Crippen LogP contribution in [0.4, 0.5) is 0 Å². The van der Waals surface area contributed by atoms with Crippen molar-refractivity contribution in [1.82, 2.24) is 4.90 Å². The van der Waals surface area contributed by atoms with Gasteiger partial charge in [-0.25, -0.2) is 0 Å². The van der Waals surface area contributed by atoms with E-state index in [1.165, 1.54) is 19.6 Å². The summed E-state index contributed by atoms with van der Waals surface area (Å²) in [6.07, 6.45) is 3.33. The molecular formula is C26H29NO6. The first-order chi connectivity index (χ1) is 16.0. The molecule has 1 aliphatic rings. The number of rotatable bonds is 7. The number of hydrogen-bond donors (Lipinski definition) is 1. The van der Waals surface area contributed by atoms with E-state index in [4.69, 9.17) is 13.9 Å². The number of fused-ring (bicyclic) bond motifs is 1. The number of carbonyl (C=O) groups excluding carboxylic acids is 1. The van der Waals surface area contributed by atoms with Crippen LogP contribution in [0.15, 0.2) is 51.7 Å². The maximum atomic E-state index is 12.7. The fraction of sp³-hybridized carbons (Fsp3) is 0.385. The number of nitrogens with zero attached hydrogens (tertiary/aromatic N) is 1. The number of ether oxygens (including phenoxy) is 2. The maximum absolute atomic E-state index is 12.7. The van der Waals surface area contributed by atoms with Gasteiger partial charge >= 0.3 is 5.97 Å². The summed E-state index contributed by atoms with van der Waals surface area (Å²) in [7, 11) is 2.91. The summed E-state index contributed by atoms with van der Waals surface area (Å²) in [5.41, 5.74) is 0.223. The van der Waals surface area contributed by atoms with Crippen LogP contribution in [0.5, 0.6) is 11.5 Å². The molecule has 0 aliphatic carbocycles. The average Bonchev–Trinajstić information content (AvgIpc) is 2.84. The Labute approximate surface area is 192 Å². The van der Waals surface area contributed by atoms with E-state index < -0.39 is 23.1 Å². The predicted molar refractivity (Wildman–Crippen MR) is 125 cm³/mol. The van der Waals surface area contributed by atoms with Gasteiger partial charge in [0.2, 0.25) is 11.2 Å². The molecule has 3 aromatic rings. The van der Waals surface area contributed by atoms with Gasteiger partial charge in [0, 0.05) is 11.5 Å². The number of aromatic hydroxyl groups is 1. The smallest absolute Gasteiger partial charge is 0.306 e. The molecule has 33 heavy (non-hydrogen) atoms. The minimum atomic E-state index is -0.706. The van der Waals surface area contributed by atoms with Crippen LogP contribution in [-0.4, -0.2) is 43.3 Å². The molecule has 2 heterocycles. The van der Waals surface area contributed by atoms with Crippen LogP contribution in [-0.2, 0) is 16.1 Å².